The summed E-state index contributed by atoms with van der Waals surface area (Å²) in [7, 11) is 0. The van der Waals surface area contributed by atoms with Crippen LogP contribution in [0.25, 0.3) is 0 Å². The number of hydrogen-bond acceptors (Lipinski definition) is 5. The Morgan fingerprint density at radius 1 is 1.11 bits per heavy atom. The van der Waals surface area contributed by atoms with E-state index in [1.54, 1.807) is 23.4 Å². The van der Waals surface area contributed by atoms with Crippen molar-refractivity contribution in [3.63, 3.8) is 0 Å². The molecule has 0 radical (unpaired) electrons. The number of amides is 3. The van der Waals surface area contributed by atoms with Crippen LogP contribution in [0, 0.1) is 12.3 Å². The summed E-state index contributed by atoms with van der Waals surface area (Å²) >= 11 is 0. The first-order valence-electron chi connectivity index (χ1n) is 12.1. The Kier molecular flexibility index (Phi) is 6.94. The molecule has 2 aromatic rings. The quantitative estimate of drug-likeness (QED) is 0.730. The molecular formula is C27H34N4O4. The molecular weight excluding hydrogens is 444 g/mol. The highest BCUT2D eigenvalue weighted by molar-refractivity contribution is 5.99. The molecule has 0 aliphatic carbocycles. The van der Waals surface area contributed by atoms with Crippen molar-refractivity contribution in [2.24, 2.45) is 5.41 Å². The lowest BCUT2D eigenvalue weighted by atomic mass is 9.91. The molecule has 1 N–H and O–H groups in total. The van der Waals surface area contributed by atoms with E-state index in [0.717, 1.165) is 11.1 Å². The average Bonchev–Trinajstić information content (AvgIpc) is 3.21. The Hall–Kier alpha value is -3.26. The van der Waals surface area contributed by atoms with Crippen molar-refractivity contribution < 1.29 is 19.1 Å². The Labute approximate surface area is 206 Å². The summed E-state index contributed by atoms with van der Waals surface area (Å²) in [5.41, 5.74) is 0.863. The number of likely N-dealkylation sites (tertiary alicyclic amines) is 1. The van der Waals surface area contributed by atoms with Gasteiger partial charge in [-0.05, 0) is 30.2 Å². The zero-order valence-corrected chi connectivity index (χ0v) is 20.9. The van der Waals surface area contributed by atoms with Gasteiger partial charge in [-0.3, -0.25) is 24.3 Å². The maximum Gasteiger partial charge on any atom is 0.257 e. The van der Waals surface area contributed by atoms with Crippen molar-refractivity contribution in [3.8, 4) is 0 Å². The molecule has 1 unspecified atom stereocenters. The average molecular weight is 479 g/mol. The van der Waals surface area contributed by atoms with Crippen molar-refractivity contribution >= 4 is 17.7 Å². The van der Waals surface area contributed by atoms with Gasteiger partial charge in [0.05, 0.1) is 6.61 Å². The van der Waals surface area contributed by atoms with Gasteiger partial charge in [0, 0.05) is 55.8 Å². The fourth-order valence-electron chi connectivity index (χ4n) is 4.85. The number of hydrogen-bond donors (Lipinski definition) is 1. The number of carbonyl (C=O) groups is 3. The molecule has 3 amide bonds. The zero-order valence-electron chi connectivity index (χ0n) is 20.9. The number of aromatic nitrogens is 1. The molecule has 2 aliphatic rings. The first-order valence-corrected chi connectivity index (χ1v) is 12.1. The predicted molar refractivity (Wildman–Crippen MR) is 131 cm³/mol. The highest BCUT2D eigenvalue weighted by Crippen LogP contribution is 2.39. The Balaban J connectivity index is 1.58. The number of pyridine rings is 1. The molecule has 2 fully saturated rings. The van der Waals surface area contributed by atoms with Gasteiger partial charge in [-0.1, -0.05) is 45.0 Å². The van der Waals surface area contributed by atoms with Gasteiger partial charge in [0.1, 0.15) is 11.8 Å². The molecule has 0 bridgehead atoms. The molecule has 2 aliphatic heterocycles. The maximum atomic E-state index is 13.9. The van der Waals surface area contributed by atoms with E-state index in [0.29, 0.717) is 38.0 Å². The van der Waals surface area contributed by atoms with Crippen molar-refractivity contribution in [1.82, 2.24) is 20.1 Å². The van der Waals surface area contributed by atoms with Crippen LogP contribution in [0.4, 0.5) is 0 Å². The van der Waals surface area contributed by atoms with E-state index in [9.17, 15) is 14.4 Å². The highest BCUT2D eigenvalue weighted by Gasteiger charge is 2.54. The molecule has 8 heteroatoms. The predicted octanol–water partition coefficient (Wildman–Crippen LogP) is 2.91. The summed E-state index contributed by atoms with van der Waals surface area (Å²) in [5, 5.41) is 2.94. The second-order valence-corrected chi connectivity index (χ2v) is 10.4. The van der Waals surface area contributed by atoms with Gasteiger partial charge >= 0.3 is 0 Å². The summed E-state index contributed by atoms with van der Waals surface area (Å²) in [5.74, 6) is -0.411. The van der Waals surface area contributed by atoms with Crippen LogP contribution in [0.15, 0.2) is 48.8 Å². The summed E-state index contributed by atoms with van der Waals surface area (Å²) in [6.07, 6.45) is 4.29. The van der Waals surface area contributed by atoms with Crippen molar-refractivity contribution in [2.45, 2.75) is 58.8 Å². The second-order valence-electron chi connectivity index (χ2n) is 10.4. The van der Waals surface area contributed by atoms with Crippen LogP contribution < -0.4 is 5.32 Å². The smallest absolute Gasteiger partial charge is 0.257 e. The summed E-state index contributed by atoms with van der Waals surface area (Å²) in [4.78, 5) is 47.6. The molecule has 1 aromatic carbocycles. The van der Waals surface area contributed by atoms with E-state index in [4.69, 9.17) is 4.74 Å². The minimum absolute atomic E-state index is 0.0768. The summed E-state index contributed by atoms with van der Waals surface area (Å²) in [6.45, 7) is 8.97. The van der Waals surface area contributed by atoms with Gasteiger partial charge in [-0.25, -0.2) is 0 Å². The lowest BCUT2D eigenvalue weighted by Crippen LogP contribution is -2.60. The van der Waals surface area contributed by atoms with Gasteiger partial charge in [0.25, 0.3) is 5.91 Å². The first-order chi connectivity index (χ1) is 16.6. The van der Waals surface area contributed by atoms with E-state index in [2.05, 4.69) is 10.3 Å². The number of rotatable bonds is 4. The van der Waals surface area contributed by atoms with Crippen molar-refractivity contribution in [2.75, 3.05) is 19.7 Å². The van der Waals surface area contributed by atoms with Crippen LogP contribution in [0.5, 0.6) is 0 Å². The van der Waals surface area contributed by atoms with E-state index in [1.807, 2.05) is 62.9 Å². The largest absolute Gasteiger partial charge is 0.353 e. The van der Waals surface area contributed by atoms with Gasteiger partial charge in [0.2, 0.25) is 11.8 Å². The van der Waals surface area contributed by atoms with Gasteiger partial charge in [-0.2, -0.15) is 0 Å². The molecule has 1 atom stereocenters. The number of nitrogens with one attached hydrogen (secondary N) is 1. The zero-order chi connectivity index (χ0) is 25.2. The Bertz CT molecular complexity index is 1090. The summed E-state index contributed by atoms with van der Waals surface area (Å²) in [6, 6.07) is 10.3. The fraction of sp³-hybridized carbons (Fsp3) is 0.481. The number of benzene rings is 1. The van der Waals surface area contributed by atoms with E-state index in [1.165, 1.54) is 0 Å². The Morgan fingerprint density at radius 2 is 1.83 bits per heavy atom. The number of nitrogens with zero attached hydrogens (tertiary/aromatic N) is 3. The molecule has 2 saturated heterocycles. The standard InChI is InChI=1S/C27H34N4O4/c1-19-8-5-6-10-21(19)24(33)31-22(23(32)29-17-20-9-7-13-28-16-20)18-35-27(31)11-14-30(15-12-27)25(34)26(2,3)4/h5-10,13,16,22H,11-12,14-15,17-18H2,1-4H3,(H,29,32). The monoisotopic (exact) mass is 478 g/mol. The van der Waals surface area contributed by atoms with Crippen molar-refractivity contribution in [3.05, 3.63) is 65.5 Å². The lowest BCUT2D eigenvalue weighted by Gasteiger charge is -2.45. The van der Waals surface area contributed by atoms with Crippen LogP contribution in [0.3, 0.4) is 0 Å². The van der Waals surface area contributed by atoms with Gasteiger partial charge in [0.15, 0.2) is 0 Å². The third-order valence-corrected chi connectivity index (χ3v) is 6.82. The minimum Gasteiger partial charge on any atom is -0.353 e. The lowest BCUT2D eigenvalue weighted by molar-refractivity contribution is -0.150. The van der Waals surface area contributed by atoms with Crippen molar-refractivity contribution in [1.29, 1.82) is 0 Å². The summed E-state index contributed by atoms with van der Waals surface area (Å²) < 4.78 is 6.27. The Morgan fingerprint density at radius 3 is 2.46 bits per heavy atom. The number of aryl methyl sites for hydroxylation is 1. The van der Waals surface area contributed by atoms with E-state index in [-0.39, 0.29) is 24.3 Å². The van der Waals surface area contributed by atoms with Crippen LogP contribution in [-0.2, 0) is 20.9 Å². The van der Waals surface area contributed by atoms with E-state index < -0.39 is 17.2 Å². The van der Waals surface area contributed by atoms with E-state index >= 15 is 0 Å². The van der Waals surface area contributed by atoms with Crippen LogP contribution in [0.2, 0.25) is 0 Å². The van der Waals surface area contributed by atoms with Gasteiger partial charge in [-0.15, -0.1) is 0 Å². The fourth-order valence-corrected chi connectivity index (χ4v) is 4.85. The SMILES string of the molecule is Cc1ccccc1C(=O)N1C(C(=O)NCc2cccnc2)COC12CCN(C(=O)C(C)(C)C)CC2. The molecule has 4 rings (SSSR count). The molecule has 0 saturated carbocycles. The van der Waals surface area contributed by atoms with Crippen LogP contribution in [-0.4, -0.2) is 64.0 Å². The normalized spacial score (nSPS) is 19.6. The van der Waals surface area contributed by atoms with Crippen LogP contribution in [0.1, 0.15) is 55.1 Å². The number of carbonyl (C=O) groups excluding carboxylic acids is 3. The maximum absolute atomic E-state index is 13.9. The molecule has 35 heavy (non-hydrogen) atoms. The molecule has 1 spiro atoms. The third kappa shape index (κ3) is 5.07. The number of ether oxygens (including phenoxy) is 1. The third-order valence-electron chi connectivity index (χ3n) is 6.82. The van der Waals surface area contributed by atoms with Crippen LogP contribution >= 0.6 is 0 Å². The van der Waals surface area contributed by atoms with Gasteiger partial charge < -0.3 is 15.0 Å². The second kappa shape index (κ2) is 9.77. The highest BCUT2D eigenvalue weighted by atomic mass is 16.5. The molecule has 186 valence electrons. The molecule has 8 nitrogen and oxygen atoms in total. The first kappa shape index (κ1) is 24.9. The topological polar surface area (TPSA) is 91.8 Å². The molecule has 3 heterocycles. The number of piperidine rings is 1. The minimum atomic E-state index is -0.926. The molecule has 1 aromatic heterocycles.